The number of rotatable bonds is 1. The molecule has 0 spiro atoms. The third kappa shape index (κ3) is 1.96. The molecule has 4 heteroatoms. The van der Waals surface area contributed by atoms with E-state index in [9.17, 15) is 9.59 Å². The second-order valence-electron chi connectivity index (χ2n) is 3.07. The lowest BCUT2D eigenvalue weighted by molar-refractivity contribution is 0.0826. The Hall–Kier alpha value is -1.58. The molecule has 0 bridgehead atoms. The minimum absolute atomic E-state index is 0.101. The Kier molecular flexibility index (Phi) is 2.51. The van der Waals surface area contributed by atoms with Crippen molar-refractivity contribution in [3.05, 3.63) is 34.2 Å². The lowest BCUT2D eigenvalue weighted by Gasteiger charge is -2.10. The summed E-state index contributed by atoms with van der Waals surface area (Å²) in [6.45, 7) is 0. The van der Waals surface area contributed by atoms with Gasteiger partial charge in [-0.2, -0.15) is 0 Å². The molecule has 1 aromatic rings. The first kappa shape index (κ1) is 9.51. The van der Waals surface area contributed by atoms with Crippen LogP contribution in [0.3, 0.4) is 0 Å². The van der Waals surface area contributed by atoms with Crippen LogP contribution in [0.5, 0.6) is 0 Å². The van der Waals surface area contributed by atoms with Crippen LogP contribution in [0.2, 0.25) is 0 Å². The molecule has 0 unspecified atom stereocenters. The highest BCUT2D eigenvalue weighted by atomic mass is 16.2. The van der Waals surface area contributed by atoms with E-state index in [2.05, 4.69) is 0 Å². The summed E-state index contributed by atoms with van der Waals surface area (Å²) in [6, 6.07) is 2.92. The number of aryl methyl sites for hydroxylation is 1. The van der Waals surface area contributed by atoms with Crippen molar-refractivity contribution >= 4 is 5.91 Å². The number of hydrogen-bond acceptors (Lipinski definition) is 2. The van der Waals surface area contributed by atoms with E-state index >= 15 is 0 Å². The summed E-state index contributed by atoms with van der Waals surface area (Å²) >= 11 is 0. The lowest BCUT2D eigenvalue weighted by Crippen LogP contribution is -2.24. The predicted octanol–water partition coefficient (Wildman–Crippen LogP) is 0.0871. The molecule has 1 rings (SSSR count). The molecule has 1 heterocycles. The molecule has 0 radical (unpaired) electrons. The van der Waals surface area contributed by atoms with Gasteiger partial charge < -0.3 is 9.47 Å². The molecule has 70 valence electrons. The van der Waals surface area contributed by atoms with Gasteiger partial charge in [0.05, 0.1) is 5.56 Å². The number of carbonyl (C=O) groups excluding carboxylic acids is 1. The van der Waals surface area contributed by atoms with Crippen molar-refractivity contribution in [3.63, 3.8) is 0 Å². The van der Waals surface area contributed by atoms with Gasteiger partial charge in [0.25, 0.3) is 5.91 Å². The van der Waals surface area contributed by atoms with Crippen LogP contribution in [0.25, 0.3) is 0 Å². The minimum Gasteiger partial charge on any atom is -0.345 e. The summed E-state index contributed by atoms with van der Waals surface area (Å²) in [6.07, 6.45) is 1.53. The zero-order valence-corrected chi connectivity index (χ0v) is 7.94. The van der Waals surface area contributed by atoms with E-state index in [1.54, 1.807) is 21.1 Å². The van der Waals surface area contributed by atoms with E-state index in [4.69, 9.17) is 0 Å². The van der Waals surface area contributed by atoms with Gasteiger partial charge in [-0.15, -0.1) is 0 Å². The smallest absolute Gasteiger partial charge is 0.254 e. The van der Waals surface area contributed by atoms with Crippen molar-refractivity contribution in [2.75, 3.05) is 14.1 Å². The first-order chi connectivity index (χ1) is 6.02. The van der Waals surface area contributed by atoms with Crippen molar-refractivity contribution in [2.24, 2.45) is 7.05 Å². The maximum absolute atomic E-state index is 11.4. The number of carbonyl (C=O) groups is 1. The van der Waals surface area contributed by atoms with E-state index < -0.39 is 0 Å². The van der Waals surface area contributed by atoms with Gasteiger partial charge in [-0.25, -0.2) is 0 Å². The Balaban J connectivity index is 3.11. The molecule has 0 fully saturated rings. The van der Waals surface area contributed by atoms with Gasteiger partial charge in [0.1, 0.15) is 0 Å². The van der Waals surface area contributed by atoms with Gasteiger partial charge in [0, 0.05) is 33.4 Å². The minimum atomic E-state index is -0.115. The number of amides is 1. The number of nitrogens with zero attached hydrogens (tertiary/aromatic N) is 2. The molecule has 13 heavy (non-hydrogen) atoms. The highest BCUT2D eigenvalue weighted by Gasteiger charge is 2.07. The summed E-state index contributed by atoms with van der Waals surface area (Å²) in [7, 11) is 4.97. The Morgan fingerprint density at radius 2 is 2.00 bits per heavy atom. The summed E-state index contributed by atoms with van der Waals surface area (Å²) in [5.41, 5.74) is 0.405. The summed E-state index contributed by atoms with van der Waals surface area (Å²) in [5, 5.41) is 0. The van der Waals surface area contributed by atoms with Gasteiger partial charge in [-0.05, 0) is 6.07 Å². The average Bonchev–Trinajstić information content (AvgIpc) is 2.08. The highest BCUT2D eigenvalue weighted by molar-refractivity contribution is 5.93. The molecule has 0 atom stereocenters. The molecule has 4 nitrogen and oxygen atoms in total. The van der Waals surface area contributed by atoms with Crippen molar-refractivity contribution in [3.8, 4) is 0 Å². The van der Waals surface area contributed by atoms with Crippen LogP contribution < -0.4 is 5.56 Å². The van der Waals surface area contributed by atoms with Gasteiger partial charge in [0.2, 0.25) is 5.56 Å². The third-order valence-electron chi connectivity index (χ3n) is 1.74. The van der Waals surface area contributed by atoms with Crippen LogP contribution in [0.4, 0.5) is 0 Å². The molecule has 0 saturated carbocycles. The first-order valence-corrected chi connectivity index (χ1v) is 3.90. The van der Waals surface area contributed by atoms with Crippen LogP contribution in [0, 0.1) is 0 Å². The molecule has 0 aliphatic carbocycles. The Morgan fingerprint density at radius 3 is 2.46 bits per heavy atom. The van der Waals surface area contributed by atoms with Gasteiger partial charge in [0.15, 0.2) is 0 Å². The largest absolute Gasteiger partial charge is 0.345 e. The van der Waals surface area contributed by atoms with E-state index in [1.165, 1.54) is 27.8 Å². The van der Waals surface area contributed by atoms with Gasteiger partial charge >= 0.3 is 0 Å². The highest BCUT2D eigenvalue weighted by Crippen LogP contribution is 1.98. The van der Waals surface area contributed by atoms with Crippen molar-refractivity contribution < 1.29 is 4.79 Å². The molecular formula is C9H12N2O2. The molecule has 0 aliphatic rings. The van der Waals surface area contributed by atoms with E-state index in [0.717, 1.165) is 0 Å². The van der Waals surface area contributed by atoms with E-state index in [-0.39, 0.29) is 11.5 Å². The second-order valence-corrected chi connectivity index (χ2v) is 3.07. The Bertz CT molecular complexity index is 379. The summed E-state index contributed by atoms with van der Waals surface area (Å²) in [4.78, 5) is 23.9. The number of hydrogen-bond donors (Lipinski definition) is 0. The molecule has 1 aromatic heterocycles. The van der Waals surface area contributed by atoms with Gasteiger partial charge in [-0.1, -0.05) is 0 Å². The quantitative estimate of drug-likeness (QED) is 0.614. The zero-order valence-electron chi connectivity index (χ0n) is 7.94. The van der Waals surface area contributed by atoms with E-state index in [0.29, 0.717) is 5.56 Å². The maximum atomic E-state index is 11.4. The molecule has 0 N–H and O–H groups in total. The normalized spacial score (nSPS) is 9.77. The third-order valence-corrected chi connectivity index (χ3v) is 1.74. The lowest BCUT2D eigenvalue weighted by atomic mass is 10.2. The topological polar surface area (TPSA) is 42.3 Å². The Morgan fingerprint density at radius 1 is 1.38 bits per heavy atom. The zero-order chi connectivity index (χ0) is 10.0. The average molecular weight is 180 g/mol. The van der Waals surface area contributed by atoms with Crippen LogP contribution in [-0.2, 0) is 7.05 Å². The van der Waals surface area contributed by atoms with E-state index in [1.807, 2.05) is 0 Å². The SMILES string of the molecule is CN(C)C(=O)c1ccc(=O)n(C)c1. The first-order valence-electron chi connectivity index (χ1n) is 3.90. The standard InChI is InChI=1S/C9H12N2O2/c1-10(2)9(13)7-4-5-8(12)11(3)6-7/h4-6H,1-3H3. The van der Waals surface area contributed by atoms with Crippen LogP contribution in [0.1, 0.15) is 10.4 Å². The predicted molar refractivity (Wildman–Crippen MR) is 49.7 cm³/mol. The Labute approximate surface area is 76.4 Å². The fourth-order valence-corrected chi connectivity index (χ4v) is 0.979. The number of pyridine rings is 1. The van der Waals surface area contributed by atoms with Crippen molar-refractivity contribution in [2.45, 2.75) is 0 Å². The van der Waals surface area contributed by atoms with Gasteiger partial charge in [-0.3, -0.25) is 9.59 Å². The fraction of sp³-hybridized carbons (Fsp3) is 0.333. The van der Waals surface area contributed by atoms with Crippen molar-refractivity contribution in [1.29, 1.82) is 0 Å². The molecule has 0 aromatic carbocycles. The molecule has 1 amide bonds. The second kappa shape index (κ2) is 3.43. The molecular weight excluding hydrogens is 168 g/mol. The fourth-order valence-electron chi connectivity index (χ4n) is 0.979. The van der Waals surface area contributed by atoms with Crippen molar-refractivity contribution in [1.82, 2.24) is 9.47 Å². The van der Waals surface area contributed by atoms with Crippen LogP contribution in [-0.4, -0.2) is 29.5 Å². The summed E-state index contributed by atoms with van der Waals surface area (Å²) < 4.78 is 1.39. The maximum Gasteiger partial charge on any atom is 0.254 e. The molecule has 0 aliphatic heterocycles. The number of aromatic nitrogens is 1. The summed E-state index contributed by atoms with van der Waals surface area (Å²) in [5.74, 6) is -0.101. The van der Waals surface area contributed by atoms with Crippen LogP contribution in [0.15, 0.2) is 23.1 Å². The molecule has 0 saturated heterocycles. The monoisotopic (exact) mass is 180 g/mol. The van der Waals surface area contributed by atoms with Crippen LogP contribution >= 0.6 is 0 Å².